The topological polar surface area (TPSA) is 96.1 Å². The van der Waals surface area contributed by atoms with E-state index in [9.17, 15) is 14.7 Å². The first-order valence-electron chi connectivity index (χ1n) is 8.62. The molecule has 23 heavy (non-hydrogen) atoms. The molecule has 0 saturated carbocycles. The number of amides is 2. The molecule has 3 N–H and O–H groups in total. The summed E-state index contributed by atoms with van der Waals surface area (Å²) in [4.78, 5) is 27.5. The third kappa shape index (κ3) is 3.51. The number of primary amides is 1. The Morgan fingerprint density at radius 1 is 1.22 bits per heavy atom. The lowest BCUT2D eigenvalue weighted by molar-refractivity contribution is -0.153. The van der Waals surface area contributed by atoms with Crippen LogP contribution in [-0.2, 0) is 14.3 Å². The van der Waals surface area contributed by atoms with E-state index in [1.165, 1.54) is 0 Å². The number of ether oxygens (including phenoxy) is 1. The lowest BCUT2D eigenvalue weighted by atomic mass is 9.86. The SMILES string of the molecule is NC(=O)C1CCN(CC(=O)N2CC[C@@]3(CCCO3)[C@@H](O)C2)CC1. The van der Waals surface area contributed by atoms with Gasteiger partial charge in [0, 0.05) is 25.6 Å². The van der Waals surface area contributed by atoms with E-state index in [0.717, 1.165) is 38.8 Å². The Morgan fingerprint density at radius 2 is 1.96 bits per heavy atom. The second-order valence-electron chi connectivity index (χ2n) is 7.08. The first kappa shape index (κ1) is 16.7. The number of β-amino-alcohol motifs (C(OH)–C–C–N with tert-alkyl or cyclic N) is 1. The summed E-state index contributed by atoms with van der Waals surface area (Å²) in [6, 6.07) is 0. The van der Waals surface area contributed by atoms with Gasteiger partial charge in [-0.3, -0.25) is 14.5 Å². The van der Waals surface area contributed by atoms with Gasteiger partial charge in [-0.15, -0.1) is 0 Å². The Balaban J connectivity index is 1.47. The molecular weight excluding hydrogens is 298 g/mol. The monoisotopic (exact) mass is 325 g/mol. The standard InChI is InChI=1S/C16H27N3O4/c17-15(22)12-2-6-18(7-3-12)11-14(21)19-8-5-16(13(20)10-19)4-1-9-23-16/h12-13,20H,1-11H2,(H2,17,22)/t13-,16-/m0/s1. The number of nitrogens with zero attached hydrogens (tertiary/aromatic N) is 2. The maximum Gasteiger partial charge on any atom is 0.236 e. The molecule has 0 aromatic heterocycles. The molecular formula is C16H27N3O4. The normalized spacial score (nSPS) is 33.3. The number of aliphatic hydroxyl groups is 1. The number of nitrogens with two attached hydrogens (primary N) is 1. The quantitative estimate of drug-likeness (QED) is 0.717. The Labute approximate surface area is 136 Å². The first-order chi connectivity index (χ1) is 11.0. The minimum atomic E-state index is -0.594. The van der Waals surface area contributed by atoms with Crippen molar-refractivity contribution in [3.63, 3.8) is 0 Å². The third-order valence-corrected chi connectivity index (χ3v) is 5.64. The fourth-order valence-corrected chi connectivity index (χ4v) is 4.03. The van der Waals surface area contributed by atoms with E-state index in [2.05, 4.69) is 4.90 Å². The number of hydrogen-bond donors (Lipinski definition) is 2. The molecule has 3 heterocycles. The number of carbonyl (C=O) groups is 2. The van der Waals surface area contributed by atoms with Crippen LogP contribution in [-0.4, -0.2) is 77.8 Å². The lowest BCUT2D eigenvalue weighted by Gasteiger charge is -2.43. The highest BCUT2D eigenvalue weighted by Gasteiger charge is 2.46. The van der Waals surface area contributed by atoms with Crippen LogP contribution in [0.3, 0.4) is 0 Å². The van der Waals surface area contributed by atoms with Crippen molar-refractivity contribution < 1.29 is 19.4 Å². The predicted molar refractivity (Wildman–Crippen MR) is 83.5 cm³/mol. The Kier molecular flexibility index (Phi) is 4.89. The second-order valence-corrected chi connectivity index (χ2v) is 7.08. The van der Waals surface area contributed by atoms with Gasteiger partial charge in [0.15, 0.2) is 0 Å². The molecule has 0 unspecified atom stereocenters. The summed E-state index contributed by atoms with van der Waals surface area (Å²) >= 11 is 0. The molecule has 130 valence electrons. The van der Waals surface area contributed by atoms with E-state index in [1.807, 2.05) is 0 Å². The van der Waals surface area contributed by atoms with Crippen molar-refractivity contribution in [3.8, 4) is 0 Å². The summed E-state index contributed by atoms with van der Waals surface area (Å²) < 4.78 is 5.76. The van der Waals surface area contributed by atoms with Gasteiger partial charge >= 0.3 is 0 Å². The maximum atomic E-state index is 12.5. The van der Waals surface area contributed by atoms with Gasteiger partial charge in [-0.1, -0.05) is 0 Å². The van der Waals surface area contributed by atoms with Gasteiger partial charge in [-0.25, -0.2) is 0 Å². The van der Waals surface area contributed by atoms with Gasteiger partial charge < -0.3 is 20.5 Å². The van der Waals surface area contributed by atoms with E-state index in [4.69, 9.17) is 10.5 Å². The van der Waals surface area contributed by atoms with Crippen LogP contribution >= 0.6 is 0 Å². The van der Waals surface area contributed by atoms with Crippen molar-refractivity contribution >= 4 is 11.8 Å². The van der Waals surface area contributed by atoms with Gasteiger partial charge in [-0.05, 0) is 45.2 Å². The summed E-state index contributed by atoms with van der Waals surface area (Å²) in [7, 11) is 0. The van der Waals surface area contributed by atoms with E-state index >= 15 is 0 Å². The molecule has 3 aliphatic rings. The Bertz CT molecular complexity index is 456. The average Bonchev–Trinajstić information content (AvgIpc) is 3.00. The Morgan fingerprint density at radius 3 is 2.52 bits per heavy atom. The molecule has 3 rings (SSSR count). The summed E-state index contributed by atoms with van der Waals surface area (Å²) in [5, 5.41) is 10.4. The molecule has 3 saturated heterocycles. The Hall–Kier alpha value is -1.18. The van der Waals surface area contributed by atoms with Crippen LogP contribution in [0.15, 0.2) is 0 Å². The van der Waals surface area contributed by atoms with Gasteiger partial charge in [0.1, 0.15) is 6.10 Å². The zero-order chi connectivity index (χ0) is 16.4. The fraction of sp³-hybridized carbons (Fsp3) is 0.875. The highest BCUT2D eigenvalue weighted by molar-refractivity contribution is 5.79. The number of likely N-dealkylation sites (tertiary alicyclic amines) is 2. The number of aliphatic hydroxyl groups excluding tert-OH is 1. The number of carbonyl (C=O) groups excluding carboxylic acids is 2. The van der Waals surface area contributed by atoms with Crippen LogP contribution in [0.2, 0.25) is 0 Å². The highest BCUT2D eigenvalue weighted by atomic mass is 16.5. The molecule has 7 heteroatoms. The largest absolute Gasteiger partial charge is 0.388 e. The van der Waals surface area contributed by atoms with Gasteiger partial charge in [0.2, 0.25) is 11.8 Å². The summed E-state index contributed by atoms with van der Waals surface area (Å²) in [5.74, 6) is -0.246. The smallest absolute Gasteiger partial charge is 0.236 e. The van der Waals surface area contributed by atoms with Crippen molar-refractivity contribution in [2.75, 3.05) is 39.3 Å². The van der Waals surface area contributed by atoms with Crippen molar-refractivity contribution in [2.24, 2.45) is 11.7 Å². The van der Waals surface area contributed by atoms with Gasteiger partial charge in [0.25, 0.3) is 0 Å². The molecule has 2 amide bonds. The fourth-order valence-electron chi connectivity index (χ4n) is 4.03. The van der Waals surface area contributed by atoms with Crippen molar-refractivity contribution in [3.05, 3.63) is 0 Å². The van der Waals surface area contributed by atoms with E-state index in [-0.39, 0.29) is 17.7 Å². The predicted octanol–water partition coefficient (Wildman–Crippen LogP) is -0.674. The van der Waals surface area contributed by atoms with Crippen molar-refractivity contribution in [2.45, 2.75) is 43.8 Å². The van der Waals surface area contributed by atoms with E-state index in [0.29, 0.717) is 32.7 Å². The van der Waals surface area contributed by atoms with Crippen LogP contribution in [0.5, 0.6) is 0 Å². The molecule has 7 nitrogen and oxygen atoms in total. The van der Waals surface area contributed by atoms with Crippen molar-refractivity contribution in [1.82, 2.24) is 9.80 Å². The molecule has 3 aliphatic heterocycles. The maximum absolute atomic E-state index is 12.5. The first-order valence-corrected chi connectivity index (χ1v) is 8.62. The number of rotatable bonds is 3. The minimum Gasteiger partial charge on any atom is -0.388 e. The van der Waals surface area contributed by atoms with Crippen LogP contribution < -0.4 is 5.73 Å². The second kappa shape index (κ2) is 6.75. The molecule has 2 atom stereocenters. The molecule has 0 aliphatic carbocycles. The summed E-state index contributed by atoms with van der Waals surface area (Å²) in [6.45, 7) is 3.52. The summed E-state index contributed by atoms with van der Waals surface area (Å²) in [5.41, 5.74) is 4.91. The third-order valence-electron chi connectivity index (χ3n) is 5.64. The zero-order valence-electron chi connectivity index (χ0n) is 13.6. The molecule has 0 radical (unpaired) electrons. The van der Waals surface area contributed by atoms with E-state index in [1.54, 1.807) is 4.90 Å². The molecule has 0 bridgehead atoms. The summed E-state index contributed by atoms with van der Waals surface area (Å²) in [6.07, 6.45) is 3.44. The van der Waals surface area contributed by atoms with E-state index < -0.39 is 11.7 Å². The number of piperidine rings is 2. The molecule has 0 aromatic carbocycles. The molecule has 1 spiro atoms. The minimum absolute atomic E-state index is 0.0504. The van der Waals surface area contributed by atoms with Gasteiger partial charge in [-0.2, -0.15) is 0 Å². The highest BCUT2D eigenvalue weighted by Crippen LogP contribution is 2.36. The number of hydrogen-bond acceptors (Lipinski definition) is 5. The van der Waals surface area contributed by atoms with Gasteiger partial charge in [0.05, 0.1) is 12.1 Å². The van der Waals surface area contributed by atoms with Crippen LogP contribution in [0.4, 0.5) is 0 Å². The van der Waals surface area contributed by atoms with Crippen LogP contribution in [0.1, 0.15) is 32.1 Å². The average molecular weight is 325 g/mol. The lowest BCUT2D eigenvalue weighted by Crippen LogP contribution is -2.58. The molecule has 0 aromatic rings. The van der Waals surface area contributed by atoms with Crippen molar-refractivity contribution in [1.29, 1.82) is 0 Å². The van der Waals surface area contributed by atoms with Crippen LogP contribution in [0, 0.1) is 5.92 Å². The zero-order valence-corrected chi connectivity index (χ0v) is 13.6. The molecule has 3 fully saturated rings. The van der Waals surface area contributed by atoms with Crippen LogP contribution in [0.25, 0.3) is 0 Å².